The summed E-state index contributed by atoms with van der Waals surface area (Å²) >= 11 is 0. The van der Waals surface area contributed by atoms with Crippen LogP contribution < -0.4 is 5.32 Å². The second-order valence-electron chi connectivity index (χ2n) is 14.3. The van der Waals surface area contributed by atoms with Gasteiger partial charge in [-0.05, 0) is 107 Å². The Morgan fingerprint density at radius 2 is 1.16 bits per heavy atom. The Balaban J connectivity index is 0.000000186. The summed E-state index contributed by atoms with van der Waals surface area (Å²) in [4.78, 5) is 51.4. The van der Waals surface area contributed by atoms with E-state index in [1.54, 1.807) is 17.3 Å². The number of carbonyl (C=O) groups is 3. The molecule has 0 aliphatic carbocycles. The van der Waals surface area contributed by atoms with Crippen molar-refractivity contribution in [2.45, 2.75) is 77.7 Å². The second-order valence-corrected chi connectivity index (χ2v) is 14.3. The van der Waals surface area contributed by atoms with E-state index in [1.165, 1.54) is 19.3 Å². The van der Waals surface area contributed by atoms with Gasteiger partial charge in [-0.1, -0.05) is 12.1 Å². The number of nitrogens with zero attached hydrogens (tertiary/aromatic N) is 5. The van der Waals surface area contributed by atoms with E-state index in [-0.39, 0.29) is 23.3 Å². The highest BCUT2D eigenvalue weighted by atomic mass is 16.6. The minimum Gasteiger partial charge on any atom is -0.444 e. The molecule has 10 heteroatoms. The lowest BCUT2D eigenvalue weighted by atomic mass is 9.78. The molecule has 244 valence electrons. The molecule has 1 N–H and O–H groups in total. The molecule has 0 unspecified atom stereocenters. The molecule has 6 rings (SSSR count). The topological polar surface area (TPSA) is 108 Å². The molecular formula is C35H50N6O4. The fourth-order valence-electron chi connectivity index (χ4n) is 7.10. The number of carbonyl (C=O) groups excluding carboxylic acids is 3. The van der Waals surface area contributed by atoms with Gasteiger partial charge in [-0.25, -0.2) is 4.79 Å². The largest absolute Gasteiger partial charge is 0.444 e. The van der Waals surface area contributed by atoms with Crippen LogP contribution >= 0.6 is 0 Å². The van der Waals surface area contributed by atoms with E-state index in [0.717, 1.165) is 69.9 Å². The normalized spacial score (nSPS) is 20.6. The number of pyridine rings is 2. The van der Waals surface area contributed by atoms with Crippen LogP contribution in [0.25, 0.3) is 0 Å². The van der Waals surface area contributed by atoms with Gasteiger partial charge in [-0.3, -0.25) is 19.6 Å². The Morgan fingerprint density at radius 1 is 0.711 bits per heavy atom. The number of ether oxygens (including phenoxy) is 1. The Hall–Kier alpha value is -3.53. The number of piperidine rings is 2. The molecular weight excluding hydrogens is 568 g/mol. The number of amides is 3. The van der Waals surface area contributed by atoms with Gasteiger partial charge in [0, 0.05) is 63.1 Å². The third-order valence-electron chi connectivity index (χ3n) is 9.84. The second kappa shape index (κ2) is 14.3. The molecule has 3 amide bonds. The van der Waals surface area contributed by atoms with Crippen molar-refractivity contribution < 1.29 is 19.1 Å². The highest BCUT2D eigenvalue weighted by Crippen LogP contribution is 2.41. The van der Waals surface area contributed by atoms with Crippen molar-refractivity contribution in [3.8, 4) is 0 Å². The minimum absolute atomic E-state index is 0.148. The monoisotopic (exact) mass is 618 g/mol. The van der Waals surface area contributed by atoms with Gasteiger partial charge < -0.3 is 24.8 Å². The predicted octanol–water partition coefficient (Wildman–Crippen LogP) is 4.10. The maximum Gasteiger partial charge on any atom is 0.410 e. The van der Waals surface area contributed by atoms with Crippen molar-refractivity contribution in [1.82, 2.24) is 30.0 Å². The number of aromatic nitrogens is 2. The fourth-order valence-corrected chi connectivity index (χ4v) is 7.10. The number of nitrogens with one attached hydrogen (secondary N) is 1. The first-order valence-corrected chi connectivity index (χ1v) is 16.6. The van der Waals surface area contributed by atoms with E-state index < -0.39 is 5.60 Å². The van der Waals surface area contributed by atoms with E-state index in [4.69, 9.17) is 4.74 Å². The van der Waals surface area contributed by atoms with Crippen LogP contribution in [0, 0.1) is 10.8 Å². The molecule has 2 spiro atoms. The molecule has 4 aliphatic rings. The maximum atomic E-state index is 12.6. The zero-order chi connectivity index (χ0) is 31.9. The predicted molar refractivity (Wildman–Crippen MR) is 172 cm³/mol. The van der Waals surface area contributed by atoms with Crippen molar-refractivity contribution in [3.63, 3.8) is 0 Å². The average molecular weight is 619 g/mol. The van der Waals surface area contributed by atoms with Crippen LogP contribution in [-0.2, 0) is 27.2 Å². The van der Waals surface area contributed by atoms with E-state index in [9.17, 15) is 14.4 Å². The third kappa shape index (κ3) is 9.02. The Labute approximate surface area is 267 Å². The third-order valence-corrected chi connectivity index (χ3v) is 9.84. The number of likely N-dealkylation sites (tertiary alicyclic amines) is 3. The number of hydrogen-bond donors (Lipinski definition) is 1. The van der Waals surface area contributed by atoms with E-state index in [0.29, 0.717) is 31.3 Å². The summed E-state index contributed by atoms with van der Waals surface area (Å²) in [6, 6.07) is 11.4. The standard InChI is InChI=1S/C20H29N3O3.C15H21N3O/c1-19(2,3)26-18(25)22-11-7-20(8-12-22)9-13-23(15-20)17(24)14-16-6-4-5-10-21-16;19-14(11-13-3-1-2-7-17-13)18-10-6-15(12-18)4-8-16-9-5-15/h4-6,10H,7-9,11-15H2,1-3H3;1-3,7,16H,4-6,8-12H2. The van der Waals surface area contributed by atoms with Crippen LogP contribution in [0.2, 0.25) is 0 Å². The van der Waals surface area contributed by atoms with Gasteiger partial charge >= 0.3 is 6.09 Å². The van der Waals surface area contributed by atoms with Crippen molar-refractivity contribution >= 4 is 17.9 Å². The minimum atomic E-state index is -0.464. The van der Waals surface area contributed by atoms with Crippen LogP contribution in [0.15, 0.2) is 48.8 Å². The van der Waals surface area contributed by atoms with Gasteiger partial charge in [0.15, 0.2) is 0 Å². The maximum absolute atomic E-state index is 12.6. The van der Waals surface area contributed by atoms with Crippen LogP contribution in [0.4, 0.5) is 4.79 Å². The summed E-state index contributed by atoms with van der Waals surface area (Å²) in [5.74, 6) is 0.379. The molecule has 2 aromatic rings. The molecule has 6 heterocycles. The van der Waals surface area contributed by atoms with Gasteiger partial charge in [-0.15, -0.1) is 0 Å². The SMILES string of the molecule is CC(C)(C)OC(=O)N1CCC2(CCN(C(=O)Cc3ccccn3)C2)CC1.O=C(Cc1ccccn1)N1CCC2(CCNCC2)C1. The molecule has 0 aromatic carbocycles. The number of rotatable bonds is 4. The number of hydrogen-bond acceptors (Lipinski definition) is 7. The summed E-state index contributed by atoms with van der Waals surface area (Å²) in [6.45, 7) is 12.7. The average Bonchev–Trinajstić information content (AvgIpc) is 3.63. The van der Waals surface area contributed by atoms with E-state index >= 15 is 0 Å². The Kier molecular flexibility index (Phi) is 10.4. The molecule has 4 saturated heterocycles. The molecule has 2 aromatic heterocycles. The summed E-state index contributed by atoms with van der Waals surface area (Å²) in [7, 11) is 0. The van der Waals surface area contributed by atoms with Crippen LogP contribution in [0.1, 0.15) is 70.7 Å². The van der Waals surface area contributed by atoms with Gasteiger partial charge in [0.2, 0.25) is 11.8 Å². The smallest absolute Gasteiger partial charge is 0.410 e. The zero-order valence-corrected chi connectivity index (χ0v) is 27.3. The first-order chi connectivity index (χ1) is 21.5. The molecule has 45 heavy (non-hydrogen) atoms. The Morgan fingerprint density at radius 3 is 1.58 bits per heavy atom. The van der Waals surface area contributed by atoms with Crippen molar-refractivity contribution in [2.75, 3.05) is 52.4 Å². The van der Waals surface area contributed by atoms with Crippen LogP contribution in [0.5, 0.6) is 0 Å². The molecule has 0 radical (unpaired) electrons. The Bertz CT molecular complexity index is 1280. The van der Waals surface area contributed by atoms with Gasteiger partial charge in [0.05, 0.1) is 12.8 Å². The summed E-state index contributed by atoms with van der Waals surface area (Å²) in [5.41, 5.74) is 1.77. The van der Waals surface area contributed by atoms with E-state index in [1.807, 2.05) is 67.0 Å². The molecule has 0 bridgehead atoms. The molecule has 4 aliphatic heterocycles. The summed E-state index contributed by atoms with van der Waals surface area (Å²) in [6.07, 6.45) is 10.5. The molecule has 10 nitrogen and oxygen atoms in total. The zero-order valence-electron chi connectivity index (χ0n) is 27.3. The lowest BCUT2D eigenvalue weighted by molar-refractivity contribution is -0.130. The van der Waals surface area contributed by atoms with E-state index in [2.05, 4.69) is 15.3 Å². The van der Waals surface area contributed by atoms with Crippen LogP contribution in [0.3, 0.4) is 0 Å². The van der Waals surface area contributed by atoms with Gasteiger partial charge in [-0.2, -0.15) is 0 Å². The van der Waals surface area contributed by atoms with Crippen molar-refractivity contribution in [2.24, 2.45) is 10.8 Å². The quantitative estimate of drug-likeness (QED) is 0.550. The summed E-state index contributed by atoms with van der Waals surface area (Å²) < 4.78 is 5.47. The first kappa shape index (κ1) is 32.9. The molecule has 0 saturated carbocycles. The van der Waals surface area contributed by atoms with Gasteiger partial charge in [0.1, 0.15) is 5.60 Å². The highest BCUT2D eigenvalue weighted by molar-refractivity contribution is 5.79. The first-order valence-electron chi connectivity index (χ1n) is 16.6. The fraction of sp³-hybridized carbons (Fsp3) is 0.629. The van der Waals surface area contributed by atoms with Gasteiger partial charge in [0.25, 0.3) is 0 Å². The highest BCUT2D eigenvalue weighted by Gasteiger charge is 2.43. The van der Waals surface area contributed by atoms with Crippen molar-refractivity contribution in [3.05, 3.63) is 60.2 Å². The molecule has 4 fully saturated rings. The molecule has 0 atom stereocenters. The van der Waals surface area contributed by atoms with Crippen molar-refractivity contribution in [1.29, 1.82) is 0 Å². The lowest BCUT2D eigenvalue weighted by Gasteiger charge is -2.39. The summed E-state index contributed by atoms with van der Waals surface area (Å²) in [5, 5.41) is 3.41. The lowest BCUT2D eigenvalue weighted by Crippen LogP contribution is -2.46. The van der Waals surface area contributed by atoms with Crippen LogP contribution in [-0.4, -0.2) is 101 Å².